The van der Waals surface area contributed by atoms with Gasteiger partial charge in [0.05, 0.1) is 5.56 Å². The van der Waals surface area contributed by atoms with Crippen molar-refractivity contribution in [2.75, 3.05) is 5.32 Å². The highest BCUT2D eigenvalue weighted by Gasteiger charge is 2.03. The van der Waals surface area contributed by atoms with E-state index >= 15 is 0 Å². The van der Waals surface area contributed by atoms with Gasteiger partial charge in [-0.25, -0.2) is 8.78 Å². The molecular formula is C15H12F2N2. The normalized spacial score (nSPS) is 10.0. The lowest BCUT2D eigenvalue weighted by atomic mass is 10.1. The van der Waals surface area contributed by atoms with Crippen molar-refractivity contribution >= 4 is 5.69 Å². The first-order valence-corrected chi connectivity index (χ1v) is 5.78. The molecule has 0 spiro atoms. The maximum Gasteiger partial charge on any atom is 0.141 e. The van der Waals surface area contributed by atoms with Crippen molar-refractivity contribution in [3.63, 3.8) is 0 Å². The number of aryl methyl sites for hydroxylation is 1. The number of rotatable bonds is 3. The van der Waals surface area contributed by atoms with Crippen LogP contribution in [0.3, 0.4) is 0 Å². The number of hydrogen-bond acceptors (Lipinski definition) is 2. The van der Waals surface area contributed by atoms with Gasteiger partial charge in [-0.1, -0.05) is 12.1 Å². The predicted molar refractivity (Wildman–Crippen MR) is 69.6 cm³/mol. The smallest absolute Gasteiger partial charge is 0.141 e. The summed E-state index contributed by atoms with van der Waals surface area (Å²) in [6.45, 7) is 2.18. The lowest BCUT2D eigenvalue weighted by Gasteiger charge is -2.08. The molecule has 0 aromatic heterocycles. The second kappa shape index (κ2) is 5.49. The van der Waals surface area contributed by atoms with Gasteiger partial charge >= 0.3 is 0 Å². The summed E-state index contributed by atoms with van der Waals surface area (Å²) in [4.78, 5) is 0. The average molecular weight is 258 g/mol. The van der Waals surface area contributed by atoms with Gasteiger partial charge in [-0.05, 0) is 42.3 Å². The molecule has 2 aromatic rings. The van der Waals surface area contributed by atoms with E-state index in [9.17, 15) is 8.78 Å². The first kappa shape index (κ1) is 13.0. The highest BCUT2D eigenvalue weighted by atomic mass is 19.1. The zero-order valence-electron chi connectivity index (χ0n) is 10.4. The van der Waals surface area contributed by atoms with Gasteiger partial charge < -0.3 is 5.32 Å². The zero-order valence-corrected chi connectivity index (χ0v) is 10.4. The van der Waals surface area contributed by atoms with E-state index in [0.29, 0.717) is 17.8 Å². The van der Waals surface area contributed by atoms with Crippen LogP contribution in [0, 0.1) is 29.9 Å². The zero-order chi connectivity index (χ0) is 13.8. The van der Waals surface area contributed by atoms with E-state index in [1.54, 1.807) is 31.2 Å². The lowest BCUT2D eigenvalue weighted by Crippen LogP contribution is -2.01. The molecule has 2 rings (SSSR count). The first-order valence-electron chi connectivity index (χ1n) is 5.78. The summed E-state index contributed by atoms with van der Waals surface area (Å²) in [5.74, 6) is -0.775. The Morgan fingerprint density at radius 2 is 1.84 bits per heavy atom. The van der Waals surface area contributed by atoms with Crippen molar-refractivity contribution in [1.82, 2.24) is 0 Å². The van der Waals surface area contributed by atoms with Gasteiger partial charge in [0.25, 0.3) is 0 Å². The lowest BCUT2D eigenvalue weighted by molar-refractivity contribution is 0.617. The van der Waals surface area contributed by atoms with Crippen LogP contribution in [0.25, 0.3) is 0 Å². The summed E-state index contributed by atoms with van der Waals surface area (Å²) in [6, 6.07) is 10.9. The molecule has 0 unspecified atom stereocenters. The van der Waals surface area contributed by atoms with Crippen molar-refractivity contribution in [1.29, 1.82) is 5.26 Å². The van der Waals surface area contributed by atoms with Crippen molar-refractivity contribution in [3.8, 4) is 6.07 Å². The van der Waals surface area contributed by atoms with Crippen molar-refractivity contribution < 1.29 is 8.78 Å². The summed E-state index contributed by atoms with van der Waals surface area (Å²) < 4.78 is 26.2. The van der Waals surface area contributed by atoms with Crippen LogP contribution in [0.4, 0.5) is 14.5 Å². The quantitative estimate of drug-likeness (QED) is 0.909. The van der Waals surface area contributed by atoms with Crippen LogP contribution in [-0.4, -0.2) is 0 Å². The molecule has 1 N–H and O–H groups in total. The number of hydrogen-bond donors (Lipinski definition) is 1. The number of nitriles is 1. The maximum atomic E-state index is 13.1. The molecule has 0 aliphatic carbocycles. The van der Waals surface area contributed by atoms with E-state index < -0.39 is 5.82 Å². The van der Waals surface area contributed by atoms with E-state index in [1.807, 2.05) is 0 Å². The Hall–Kier alpha value is -2.41. The Kier molecular flexibility index (Phi) is 3.76. The number of benzene rings is 2. The fourth-order valence-corrected chi connectivity index (χ4v) is 1.74. The highest BCUT2D eigenvalue weighted by molar-refractivity contribution is 5.50. The van der Waals surface area contributed by atoms with Gasteiger partial charge in [0.2, 0.25) is 0 Å². The van der Waals surface area contributed by atoms with E-state index in [1.165, 1.54) is 18.2 Å². The van der Waals surface area contributed by atoms with Crippen molar-refractivity contribution in [2.24, 2.45) is 0 Å². The third-order valence-electron chi connectivity index (χ3n) is 2.81. The van der Waals surface area contributed by atoms with Crippen LogP contribution >= 0.6 is 0 Å². The van der Waals surface area contributed by atoms with Gasteiger partial charge in [0, 0.05) is 12.2 Å². The first-order chi connectivity index (χ1) is 9.10. The topological polar surface area (TPSA) is 35.8 Å². The number of nitrogens with one attached hydrogen (secondary N) is 1. The molecule has 0 amide bonds. The SMILES string of the molecule is Cc1cc(CNc2ccc(F)c(C#N)c2)ccc1F. The molecule has 0 atom stereocenters. The number of anilines is 1. The molecule has 19 heavy (non-hydrogen) atoms. The third-order valence-corrected chi connectivity index (χ3v) is 2.81. The van der Waals surface area contributed by atoms with Gasteiger partial charge in [-0.2, -0.15) is 5.26 Å². The molecule has 0 bridgehead atoms. The van der Waals surface area contributed by atoms with Crippen LogP contribution < -0.4 is 5.32 Å². The molecule has 2 nitrogen and oxygen atoms in total. The molecule has 96 valence electrons. The van der Waals surface area contributed by atoms with Crippen LogP contribution in [0.2, 0.25) is 0 Å². The minimum Gasteiger partial charge on any atom is -0.381 e. The highest BCUT2D eigenvalue weighted by Crippen LogP contribution is 2.16. The Morgan fingerprint density at radius 3 is 2.53 bits per heavy atom. The number of nitrogens with zero attached hydrogens (tertiary/aromatic N) is 1. The van der Waals surface area contributed by atoms with Crippen LogP contribution in [0.1, 0.15) is 16.7 Å². The standard InChI is InChI=1S/C15H12F2N2/c1-10-6-11(2-4-14(10)16)9-19-13-3-5-15(17)12(7-13)8-18/h2-7,19H,9H2,1H3. The summed E-state index contributed by atoms with van der Waals surface area (Å²) in [7, 11) is 0. The van der Waals surface area contributed by atoms with Gasteiger partial charge in [-0.3, -0.25) is 0 Å². The maximum absolute atomic E-state index is 13.1. The minimum absolute atomic E-state index is 0.000265. The Bertz CT molecular complexity index is 645. The molecule has 0 radical (unpaired) electrons. The summed E-state index contributed by atoms with van der Waals surface area (Å²) in [6.07, 6.45) is 0. The second-order valence-electron chi connectivity index (χ2n) is 4.24. The summed E-state index contributed by atoms with van der Waals surface area (Å²) in [5.41, 5.74) is 2.15. The average Bonchev–Trinajstić information content (AvgIpc) is 2.41. The Labute approximate surface area is 110 Å². The fraction of sp³-hybridized carbons (Fsp3) is 0.133. The molecule has 0 saturated heterocycles. The molecule has 0 aliphatic heterocycles. The molecular weight excluding hydrogens is 246 g/mol. The van der Waals surface area contributed by atoms with Crippen LogP contribution in [-0.2, 0) is 6.54 Å². The monoisotopic (exact) mass is 258 g/mol. The van der Waals surface area contributed by atoms with Gasteiger partial charge in [0.1, 0.15) is 17.7 Å². The van der Waals surface area contributed by atoms with Gasteiger partial charge in [0.15, 0.2) is 0 Å². The summed E-state index contributed by atoms with van der Waals surface area (Å²) >= 11 is 0. The largest absolute Gasteiger partial charge is 0.381 e. The van der Waals surface area contributed by atoms with Crippen molar-refractivity contribution in [3.05, 3.63) is 64.7 Å². The molecule has 0 heterocycles. The van der Waals surface area contributed by atoms with E-state index in [2.05, 4.69) is 5.32 Å². The second-order valence-corrected chi connectivity index (χ2v) is 4.24. The number of halogens is 2. The minimum atomic E-state index is -0.536. The van der Waals surface area contributed by atoms with Crippen LogP contribution in [0.5, 0.6) is 0 Å². The Morgan fingerprint density at radius 1 is 1.11 bits per heavy atom. The van der Waals surface area contributed by atoms with E-state index in [0.717, 1.165) is 5.56 Å². The fourth-order valence-electron chi connectivity index (χ4n) is 1.74. The van der Waals surface area contributed by atoms with Gasteiger partial charge in [-0.15, -0.1) is 0 Å². The third kappa shape index (κ3) is 3.08. The predicted octanol–water partition coefficient (Wildman–Crippen LogP) is 3.76. The summed E-state index contributed by atoms with van der Waals surface area (Å²) in [5, 5.41) is 11.8. The molecule has 0 aliphatic rings. The van der Waals surface area contributed by atoms with Crippen LogP contribution in [0.15, 0.2) is 36.4 Å². The van der Waals surface area contributed by atoms with E-state index in [4.69, 9.17) is 5.26 Å². The van der Waals surface area contributed by atoms with E-state index in [-0.39, 0.29) is 11.4 Å². The molecule has 2 aromatic carbocycles. The molecule has 0 fully saturated rings. The molecule has 4 heteroatoms. The molecule has 0 saturated carbocycles. The van der Waals surface area contributed by atoms with Crippen molar-refractivity contribution in [2.45, 2.75) is 13.5 Å². The Balaban J connectivity index is 2.10.